The van der Waals surface area contributed by atoms with Crippen LogP contribution in [0.25, 0.3) is 0 Å². The molecular weight excluding hydrogens is 314 g/mol. The standard InChI is InChI=1S/C19H27N5O/c1-13(2)17-20-18(23(4)5)22-19(21-17)24-11-14(3)25-12-16(24)15-9-7-6-8-10-15/h6-10,13-14,16H,11-12H2,1-5H3. The highest BCUT2D eigenvalue weighted by molar-refractivity contribution is 5.42. The van der Waals surface area contributed by atoms with E-state index in [1.165, 1.54) is 5.56 Å². The Bertz CT molecular complexity index is 678. The van der Waals surface area contributed by atoms with E-state index in [-0.39, 0.29) is 18.1 Å². The van der Waals surface area contributed by atoms with Crippen LogP contribution in [0.3, 0.4) is 0 Å². The van der Waals surface area contributed by atoms with Gasteiger partial charge in [0.2, 0.25) is 11.9 Å². The molecule has 0 saturated carbocycles. The molecule has 2 heterocycles. The van der Waals surface area contributed by atoms with Crippen molar-refractivity contribution in [2.45, 2.75) is 38.8 Å². The van der Waals surface area contributed by atoms with E-state index in [1.807, 2.05) is 25.1 Å². The number of ether oxygens (including phenoxy) is 1. The van der Waals surface area contributed by atoms with Crippen molar-refractivity contribution < 1.29 is 4.74 Å². The lowest BCUT2D eigenvalue weighted by Gasteiger charge is -2.39. The Morgan fingerprint density at radius 3 is 2.48 bits per heavy atom. The van der Waals surface area contributed by atoms with E-state index >= 15 is 0 Å². The molecule has 134 valence electrons. The fourth-order valence-electron chi connectivity index (χ4n) is 2.93. The molecule has 0 amide bonds. The van der Waals surface area contributed by atoms with E-state index in [0.29, 0.717) is 12.6 Å². The molecule has 1 saturated heterocycles. The summed E-state index contributed by atoms with van der Waals surface area (Å²) in [5, 5.41) is 0. The summed E-state index contributed by atoms with van der Waals surface area (Å²) < 4.78 is 5.93. The van der Waals surface area contributed by atoms with Gasteiger partial charge in [-0.25, -0.2) is 0 Å². The van der Waals surface area contributed by atoms with Crippen molar-refractivity contribution in [2.24, 2.45) is 0 Å². The minimum atomic E-state index is 0.106. The van der Waals surface area contributed by atoms with Gasteiger partial charge < -0.3 is 14.5 Å². The molecule has 2 aromatic rings. The average molecular weight is 341 g/mol. The molecule has 25 heavy (non-hydrogen) atoms. The maximum absolute atomic E-state index is 5.93. The third-order valence-corrected chi connectivity index (χ3v) is 4.36. The molecule has 2 unspecified atom stereocenters. The van der Waals surface area contributed by atoms with Crippen molar-refractivity contribution in [3.63, 3.8) is 0 Å². The number of nitrogens with zero attached hydrogens (tertiary/aromatic N) is 5. The Morgan fingerprint density at radius 2 is 1.84 bits per heavy atom. The number of rotatable bonds is 4. The van der Waals surface area contributed by atoms with Gasteiger partial charge in [-0.2, -0.15) is 15.0 Å². The highest BCUT2D eigenvalue weighted by Crippen LogP contribution is 2.30. The molecule has 1 aromatic heterocycles. The zero-order valence-electron chi connectivity index (χ0n) is 15.7. The van der Waals surface area contributed by atoms with Crippen molar-refractivity contribution in [3.8, 4) is 0 Å². The Balaban J connectivity index is 2.04. The smallest absolute Gasteiger partial charge is 0.231 e. The van der Waals surface area contributed by atoms with Crippen LogP contribution in [0.4, 0.5) is 11.9 Å². The summed E-state index contributed by atoms with van der Waals surface area (Å²) in [5.41, 5.74) is 1.22. The highest BCUT2D eigenvalue weighted by Gasteiger charge is 2.31. The molecule has 1 aliphatic heterocycles. The second-order valence-corrected chi connectivity index (χ2v) is 7.07. The minimum absolute atomic E-state index is 0.106. The summed E-state index contributed by atoms with van der Waals surface area (Å²) >= 11 is 0. The molecular formula is C19H27N5O. The van der Waals surface area contributed by atoms with Crippen LogP contribution in [0.1, 0.15) is 44.1 Å². The third kappa shape index (κ3) is 3.90. The summed E-state index contributed by atoms with van der Waals surface area (Å²) in [6, 6.07) is 10.5. The summed E-state index contributed by atoms with van der Waals surface area (Å²) in [4.78, 5) is 18.3. The van der Waals surface area contributed by atoms with E-state index in [4.69, 9.17) is 14.7 Å². The maximum Gasteiger partial charge on any atom is 0.231 e. The zero-order valence-corrected chi connectivity index (χ0v) is 15.7. The third-order valence-electron chi connectivity index (χ3n) is 4.36. The number of anilines is 2. The summed E-state index contributed by atoms with van der Waals surface area (Å²) in [6.07, 6.45) is 0.141. The Kier molecular flexibility index (Phi) is 5.18. The van der Waals surface area contributed by atoms with Gasteiger partial charge in [0, 0.05) is 26.6 Å². The topological polar surface area (TPSA) is 54.4 Å². The van der Waals surface area contributed by atoms with Crippen molar-refractivity contribution in [1.29, 1.82) is 0 Å². The SMILES string of the molecule is CC1CN(c2nc(C(C)C)nc(N(C)C)n2)C(c2ccccc2)CO1. The molecule has 1 fully saturated rings. The molecule has 0 N–H and O–H groups in total. The lowest BCUT2D eigenvalue weighted by Crippen LogP contribution is -2.44. The van der Waals surface area contributed by atoms with E-state index in [9.17, 15) is 0 Å². The van der Waals surface area contributed by atoms with Crippen LogP contribution < -0.4 is 9.80 Å². The quantitative estimate of drug-likeness (QED) is 0.852. The number of morpholine rings is 1. The van der Waals surface area contributed by atoms with E-state index in [0.717, 1.165) is 18.3 Å². The van der Waals surface area contributed by atoms with Gasteiger partial charge in [-0.3, -0.25) is 0 Å². The van der Waals surface area contributed by atoms with Crippen LogP contribution in [0.2, 0.25) is 0 Å². The summed E-state index contributed by atoms with van der Waals surface area (Å²) in [6.45, 7) is 7.69. The Labute approximate surface area is 149 Å². The first-order chi connectivity index (χ1) is 12.0. The predicted octanol–water partition coefficient (Wildman–Crippen LogP) is 3.03. The summed E-state index contributed by atoms with van der Waals surface area (Å²) in [5.74, 6) is 2.49. The Morgan fingerprint density at radius 1 is 1.12 bits per heavy atom. The molecule has 0 radical (unpaired) electrons. The molecule has 2 atom stereocenters. The van der Waals surface area contributed by atoms with Gasteiger partial charge in [0.1, 0.15) is 5.82 Å². The van der Waals surface area contributed by atoms with Gasteiger partial charge in [0.15, 0.2) is 0 Å². The summed E-state index contributed by atoms with van der Waals surface area (Å²) in [7, 11) is 3.92. The number of aromatic nitrogens is 3. The minimum Gasteiger partial charge on any atom is -0.374 e. The monoisotopic (exact) mass is 341 g/mol. The van der Waals surface area contributed by atoms with Gasteiger partial charge in [0.25, 0.3) is 0 Å². The fourth-order valence-corrected chi connectivity index (χ4v) is 2.93. The van der Waals surface area contributed by atoms with E-state index in [1.54, 1.807) is 0 Å². The molecule has 6 nitrogen and oxygen atoms in total. The van der Waals surface area contributed by atoms with Gasteiger partial charge in [0.05, 0.1) is 18.8 Å². The van der Waals surface area contributed by atoms with Crippen LogP contribution >= 0.6 is 0 Å². The number of hydrogen-bond acceptors (Lipinski definition) is 6. The van der Waals surface area contributed by atoms with Crippen LogP contribution in [0.15, 0.2) is 30.3 Å². The van der Waals surface area contributed by atoms with Crippen molar-refractivity contribution in [1.82, 2.24) is 15.0 Å². The highest BCUT2D eigenvalue weighted by atomic mass is 16.5. The first-order valence-electron chi connectivity index (χ1n) is 8.82. The molecule has 0 bridgehead atoms. The Hall–Kier alpha value is -2.21. The van der Waals surface area contributed by atoms with Crippen molar-refractivity contribution >= 4 is 11.9 Å². The van der Waals surface area contributed by atoms with E-state index in [2.05, 4.69) is 54.9 Å². The van der Waals surface area contributed by atoms with Crippen molar-refractivity contribution in [3.05, 3.63) is 41.7 Å². The average Bonchev–Trinajstić information content (AvgIpc) is 2.62. The molecule has 3 rings (SSSR count). The second kappa shape index (κ2) is 7.35. The van der Waals surface area contributed by atoms with E-state index < -0.39 is 0 Å². The van der Waals surface area contributed by atoms with Gasteiger partial charge in [-0.05, 0) is 12.5 Å². The van der Waals surface area contributed by atoms with Gasteiger partial charge >= 0.3 is 0 Å². The lowest BCUT2D eigenvalue weighted by molar-refractivity contribution is 0.0296. The molecule has 0 spiro atoms. The lowest BCUT2D eigenvalue weighted by atomic mass is 10.0. The normalized spacial score (nSPS) is 20.8. The van der Waals surface area contributed by atoms with Gasteiger partial charge in [-0.15, -0.1) is 0 Å². The molecule has 6 heteroatoms. The van der Waals surface area contributed by atoms with Crippen molar-refractivity contribution in [2.75, 3.05) is 37.0 Å². The predicted molar refractivity (Wildman–Crippen MR) is 100 cm³/mol. The number of benzene rings is 1. The zero-order chi connectivity index (χ0) is 18.0. The van der Waals surface area contributed by atoms with Crippen LogP contribution in [0, 0.1) is 0 Å². The second-order valence-electron chi connectivity index (χ2n) is 7.07. The molecule has 0 aliphatic carbocycles. The maximum atomic E-state index is 5.93. The first-order valence-corrected chi connectivity index (χ1v) is 8.82. The fraction of sp³-hybridized carbons (Fsp3) is 0.526. The van der Waals surface area contributed by atoms with Crippen LogP contribution in [-0.2, 0) is 4.74 Å². The molecule has 1 aliphatic rings. The first kappa shape index (κ1) is 17.6. The van der Waals surface area contributed by atoms with Crippen LogP contribution in [-0.4, -0.2) is 48.3 Å². The molecule has 1 aromatic carbocycles. The van der Waals surface area contributed by atoms with Crippen LogP contribution in [0.5, 0.6) is 0 Å². The van der Waals surface area contributed by atoms with Gasteiger partial charge in [-0.1, -0.05) is 44.2 Å². The number of hydrogen-bond donors (Lipinski definition) is 0. The largest absolute Gasteiger partial charge is 0.374 e.